The van der Waals surface area contributed by atoms with Crippen molar-refractivity contribution in [1.29, 1.82) is 0 Å². The Labute approximate surface area is 205 Å². The number of carbonyl (C=O) groups is 5. The van der Waals surface area contributed by atoms with Crippen molar-refractivity contribution in [2.75, 3.05) is 20.8 Å². The summed E-state index contributed by atoms with van der Waals surface area (Å²) in [6, 6.07) is 9.49. The monoisotopic (exact) mass is 497 g/mol. The minimum absolute atomic E-state index is 0.00774. The van der Waals surface area contributed by atoms with Gasteiger partial charge in [0.15, 0.2) is 11.6 Å². The number of hydrogen-bond acceptors (Lipinski definition) is 9. The van der Waals surface area contributed by atoms with Crippen LogP contribution in [0.3, 0.4) is 0 Å². The fourth-order valence-corrected chi connectivity index (χ4v) is 5.57. The highest BCUT2D eigenvalue weighted by molar-refractivity contribution is 6.33. The molecule has 36 heavy (non-hydrogen) atoms. The average Bonchev–Trinajstić information content (AvgIpc) is 3.30. The Morgan fingerprint density at radius 3 is 2.14 bits per heavy atom. The number of methoxy groups -OCH3 is 2. The number of Topliss-reactive ketones (excluding diaryl/α,β-unsaturated/α-hetero) is 2. The molecule has 1 fully saturated rings. The Morgan fingerprint density at radius 1 is 0.972 bits per heavy atom. The average molecular weight is 497 g/mol. The summed E-state index contributed by atoms with van der Waals surface area (Å²) < 4.78 is 29.5. The van der Waals surface area contributed by atoms with Crippen LogP contribution in [0.5, 0.6) is 0 Å². The highest BCUT2D eigenvalue weighted by Crippen LogP contribution is 2.60. The van der Waals surface area contributed by atoms with Crippen molar-refractivity contribution in [3.8, 4) is 0 Å². The van der Waals surface area contributed by atoms with Gasteiger partial charge in [-0.1, -0.05) is 36.4 Å². The molecule has 0 saturated carbocycles. The molecule has 1 aliphatic carbocycles. The number of benzene rings is 2. The van der Waals surface area contributed by atoms with Gasteiger partial charge in [0.05, 0.1) is 27.2 Å². The zero-order chi connectivity index (χ0) is 26.3. The fraction of sp³-hybridized carbons (Fsp3) is 0.346. The number of hydrogen-bond donors (Lipinski definition) is 1. The summed E-state index contributed by atoms with van der Waals surface area (Å²) >= 11 is 0. The number of carbonyl (C=O) groups excluding carboxylic acids is 5. The molecule has 0 amide bonds. The number of ketones is 2. The van der Waals surface area contributed by atoms with Gasteiger partial charge in [-0.2, -0.15) is 0 Å². The molecule has 3 atom stereocenters. The number of nitrogens with one attached hydrogen (secondary N) is 1. The van der Waals surface area contributed by atoms with Gasteiger partial charge in [0.1, 0.15) is 22.8 Å². The predicted molar refractivity (Wildman–Crippen MR) is 122 cm³/mol. The molecule has 1 N–H and O–H groups in total. The first kappa shape index (κ1) is 25.2. The van der Waals surface area contributed by atoms with Crippen molar-refractivity contribution in [2.45, 2.75) is 30.8 Å². The van der Waals surface area contributed by atoms with Gasteiger partial charge >= 0.3 is 17.9 Å². The summed E-state index contributed by atoms with van der Waals surface area (Å²) in [5.74, 6) is -6.68. The van der Waals surface area contributed by atoms with E-state index >= 15 is 0 Å². The summed E-state index contributed by atoms with van der Waals surface area (Å²) in [5, 5.41) is 2.79. The normalized spacial score (nSPS) is 23.9. The largest absolute Gasteiger partial charge is 0.469 e. The van der Waals surface area contributed by atoms with Crippen LogP contribution in [-0.4, -0.2) is 61.9 Å². The Balaban J connectivity index is 2.12. The quantitative estimate of drug-likeness (QED) is 0.362. The van der Waals surface area contributed by atoms with Crippen LogP contribution >= 0.6 is 0 Å². The van der Waals surface area contributed by atoms with Crippen LogP contribution in [0.1, 0.15) is 45.5 Å². The molecule has 1 aliphatic heterocycles. The van der Waals surface area contributed by atoms with Crippen molar-refractivity contribution in [3.05, 3.63) is 71.0 Å². The van der Waals surface area contributed by atoms with Gasteiger partial charge in [-0.3, -0.25) is 24.5 Å². The third-order valence-electron chi connectivity index (χ3n) is 6.93. The molecule has 1 saturated heterocycles. The number of halogens is 1. The first-order valence-electron chi connectivity index (χ1n) is 11.2. The highest BCUT2D eigenvalue weighted by atomic mass is 19.1. The number of rotatable bonds is 6. The van der Waals surface area contributed by atoms with Crippen LogP contribution in [0.25, 0.3) is 0 Å². The van der Waals surface area contributed by atoms with E-state index in [9.17, 15) is 28.4 Å². The van der Waals surface area contributed by atoms with Crippen LogP contribution in [0.2, 0.25) is 0 Å². The first-order chi connectivity index (χ1) is 17.2. The van der Waals surface area contributed by atoms with Crippen LogP contribution in [-0.2, 0) is 28.6 Å². The Kier molecular flexibility index (Phi) is 6.48. The van der Waals surface area contributed by atoms with Gasteiger partial charge in [0.2, 0.25) is 0 Å². The fourth-order valence-electron chi connectivity index (χ4n) is 5.57. The molecule has 0 unspecified atom stereocenters. The van der Waals surface area contributed by atoms with E-state index in [0.717, 1.165) is 26.4 Å². The molecule has 188 valence electrons. The van der Waals surface area contributed by atoms with Crippen molar-refractivity contribution >= 4 is 29.5 Å². The molecule has 2 aromatic rings. The molecule has 1 spiro atoms. The lowest BCUT2D eigenvalue weighted by Gasteiger charge is -2.40. The highest BCUT2D eigenvalue weighted by Gasteiger charge is 2.79. The van der Waals surface area contributed by atoms with E-state index in [1.807, 2.05) is 0 Å². The van der Waals surface area contributed by atoms with E-state index in [-0.39, 0.29) is 23.3 Å². The van der Waals surface area contributed by atoms with Crippen LogP contribution < -0.4 is 5.32 Å². The number of fused-ring (bicyclic) bond motifs is 1. The lowest BCUT2D eigenvalue weighted by atomic mass is 9.58. The van der Waals surface area contributed by atoms with Gasteiger partial charge in [0, 0.05) is 17.0 Å². The molecule has 0 aromatic heterocycles. The Hall–Kier alpha value is -3.92. The van der Waals surface area contributed by atoms with Gasteiger partial charge in [-0.15, -0.1) is 0 Å². The van der Waals surface area contributed by atoms with Crippen molar-refractivity contribution < 1.29 is 42.6 Å². The second-order valence-corrected chi connectivity index (χ2v) is 8.57. The van der Waals surface area contributed by atoms with Gasteiger partial charge in [0.25, 0.3) is 0 Å². The molecule has 9 nitrogen and oxygen atoms in total. The lowest BCUT2D eigenvalue weighted by molar-refractivity contribution is -0.158. The Bertz CT molecular complexity index is 1240. The molecule has 2 aliphatic rings. The predicted octanol–water partition coefficient (Wildman–Crippen LogP) is 1.98. The van der Waals surface area contributed by atoms with Gasteiger partial charge < -0.3 is 14.2 Å². The third kappa shape index (κ3) is 3.35. The maximum atomic E-state index is 14.4. The number of esters is 3. The maximum Gasteiger partial charge on any atom is 0.328 e. The molecule has 1 heterocycles. The minimum atomic E-state index is -2.39. The molecule has 4 rings (SSSR count). The van der Waals surface area contributed by atoms with E-state index in [4.69, 9.17) is 14.2 Å². The zero-order valence-corrected chi connectivity index (χ0v) is 19.8. The van der Waals surface area contributed by atoms with E-state index < -0.39 is 64.6 Å². The van der Waals surface area contributed by atoms with Crippen LogP contribution in [0.15, 0.2) is 48.5 Å². The summed E-state index contributed by atoms with van der Waals surface area (Å²) in [5.41, 5.74) is -4.65. The van der Waals surface area contributed by atoms with E-state index in [2.05, 4.69) is 5.32 Å². The molecule has 0 bridgehead atoms. The molecular weight excluding hydrogens is 473 g/mol. The summed E-state index contributed by atoms with van der Waals surface area (Å²) in [6.07, 6.45) is -0.816. The number of ether oxygens (including phenoxy) is 3. The summed E-state index contributed by atoms with van der Waals surface area (Å²) in [4.78, 5) is 67.9. The van der Waals surface area contributed by atoms with Crippen molar-refractivity contribution in [3.63, 3.8) is 0 Å². The second-order valence-electron chi connectivity index (χ2n) is 8.57. The van der Waals surface area contributed by atoms with Crippen LogP contribution in [0, 0.1) is 11.2 Å². The maximum absolute atomic E-state index is 14.4. The molecule has 2 aromatic carbocycles. The standard InChI is InChI=1S/C26H24FNO8/c1-4-36-23(32)20-19(14-8-7-9-15(27)12-14)26(21(30)16-10-5-6-11-17(16)22(26)31)25(28-20,24(33)35-3)13-18(29)34-2/h5-12,19-20,28H,4,13H2,1-3H3/t19-,20+,25-/m1/s1. The van der Waals surface area contributed by atoms with Crippen molar-refractivity contribution in [2.24, 2.45) is 5.41 Å². The zero-order valence-electron chi connectivity index (χ0n) is 19.8. The van der Waals surface area contributed by atoms with Crippen LogP contribution in [0.4, 0.5) is 4.39 Å². The molecule has 0 radical (unpaired) electrons. The van der Waals surface area contributed by atoms with E-state index in [0.29, 0.717) is 0 Å². The molecule has 10 heteroatoms. The lowest BCUT2D eigenvalue weighted by Crippen LogP contribution is -2.65. The van der Waals surface area contributed by atoms with E-state index in [1.54, 1.807) is 19.1 Å². The topological polar surface area (TPSA) is 125 Å². The smallest absolute Gasteiger partial charge is 0.328 e. The van der Waals surface area contributed by atoms with Gasteiger partial charge in [-0.05, 0) is 24.6 Å². The third-order valence-corrected chi connectivity index (χ3v) is 6.93. The molecular formula is C26H24FNO8. The van der Waals surface area contributed by atoms with Gasteiger partial charge in [-0.25, -0.2) is 9.18 Å². The SMILES string of the molecule is CCOC(=O)[C@H]1N[C@](CC(=O)OC)(C(=O)OC)C2(C(=O)c3ccccc3C2=O)[C@@H]1c1cccc(F)c1. The Morgan fingerprint density at radius 2 is 1.61 bits per heavy atom. The second kappa shape index (κ2) is 9.27. The van der Waals surface area contributed by atoms with Crippen molar-refractivity contribution in [1.82, 2.24) is 5.32 Å². The summed E-state index contributed by atoms with van der Waals surface area (Å²) in [6.45, 7) is 1.51. The summed E-state index contributed by atoms with van der Waals surface area (Å²) in [7, 11) is 2.11. The first-order valence-corrected chi connectivity index (χ1v) is 11.2. The minimum Gasteiger partial charge on any atom is -0.469 e. The van der Waals surface area contributed by atoms with E-state index in [1.165, 1.54) is 24.3 Å².